The summed E-state index contributed by atoms with van der Waals surface area (Å²) in [5.41, 5.74) is 0. The molecule has 0 aromatic carbocycles. The molecule has 36 valence electrons. The van der Waals surface area contributed by atoms with Crippen molar-refractivity contribution in [2.24, 2.45) is 0 Å². The molecule has 0 atom stereocenters. The zero-order valence-electron chi connectivity index (χ0n) is 2.62. The van der Waals surface area contributed by atoms with Crippen molar-refractivity contribution in [3.05, 3.63) is 0 Å². The molecule has 5 heteroatoms. The molecule has 0 fully saturated rings. The van der Waals surface area contributed by atoms with Crippen molar-refractivity contribution >= 4 is 31.4 Å². The van der Waals surface area contributed by atoms with Crippen LogP contribution in [-0.2, 0) is 3.82 Å². The minimum absolute atomic E-state index is 0.508. The van der Waals surface area contributed by atoms with Crippen LogP contribution in [0.5, 0.6) is 0 Å². The van der Waals surface area contributed by atoms with Gasteiger partial charge in [0.2, 0.25) is 0 Å². The normalized spacial score (nSPS) is 7.50. The summed E-state index contributed by atoms with van der Waals surface area (Å²) in [4.78, 5) is 9.34. The van der Waals surface area contributed by atoms with Crippen LogP contribution in [0, 0.1) is 0 Å². The molecule has 0 spiro atoms. The van der Waals surface area contributed by atoms with Crippen molar-refractivity contribution in [1.29, 1.82) is 0 Å². The quantitative estimate of drug-likeness (QED) is 0.438. The van der Waals surface area contributed by atoms with Crippen LogP contribution in [-0.4, -0.2) is 25.4 Å². The number of rotatable bonds is 1. The van der Waals surface area contributed by atoms with Crippen molar-refractivity contribution in [3.63, 3.8) is 0 Å². The van der Waals surface area contributed by atoms with Gasteiger partial charge in [-0.15, -0.1) is 0 Å². The van der Waals surface area contributed by atoms with E-state index < -0.39 is 20.3 Å². The van der Waals surface area contributed by atoms with Crippen LogP contribution in [0.4, 0.5) is 4.79 Å². The van der Waals surface area contributed by atoms with Gasteiger partial charge in [-0.05, 0) is 0 Å². The van der Waals surface area contributed by atoms with E-state index in [1.807, 2.05) is 0 Å². The Kier molecular flexibility index (Phi) is 3.41. The molecule has 0 rings (SSSR count). The molecule has 0 heterocycles. The first kappa shape index (κ1) is 6.14. The Balaban J connectivity index is 2.83. The summed E-state index contributed by atoms with van der Waals surface area (Å²) in [6.07, 6.45) is -1.26. The van der Waals surface area contributed by atoms with Crippen molar-refractivity contribution in [1.82, 2.24) is 0 Å². The van der Waals surface area contributed by atoms with Crippen LogP contribution in [0.1, 0.15) is 0 Å². The molecule has 0 aliphatic rings. The van der Waals surface area contributed by atoms with Gasteiger partial charge in [-0.2, -0.15) is 0 Å². The summed E-state index contributed by atoms with van der Waals surface area (Å²) in [5.74, 6) is 0. The van der Waals surface area contributed by atoms with Gasteiger partial charge in [0, 0.05) is 0 Å². The van der Waals surface area contributed by atoms with E-state index in [1.165, 1.54) is 0 Å². The molecule has 0 radical (unpaired) electrons. The Bertz CT molecular complexity index is 54.8. The summed E-state index contributed by atoms with van der Waals surface area (Å²) in [6.45, 7) is 0. The van der Waals surface area contributed by atoms with Gasteiger partial charge in [0.25, 0.3) is 0 Å². The number of carbonyl (C=O) groups is 1. The molecule has 0 saturated carbocycles. The molecule has 0 saturated heterocycles. The third-order valence-electron chi connectivity index (χ3n) is 0.109. The van der Waals surface area contributed by atoms with E-state index in [1.54, 1.807) is 0 Å². The van der Waals surface area contributed by atoms with Crippen molar-refractivity contribution < 1.29 is 13.7 Å². The van der Waals surface area contributed by atoms with Gasteiger partial charge < -0.3 is 0 Å². The van der Waals surface area contributed by atoms with Crippen LogP contribution in [0.15, 0.2) is 0 Å². The summed E-state index contributed by atoms with van der Waals surface area (Å²) in [7, 11) is 0. The topological polar surface area (TPSA) is 46.5 Å². The van der Waals surface area contributed by atoms with Gasteiger partial charge >= 0.3 is 45.1 Å². The number of hydrogen-bond donors (Lipinski definition) is 2. The zero-order valence-corrected chi connectivity index (χ0v) is 5.23. The second-order valence-corrected chi connectivity index (χ2v) is 1.86. The van der Waals surface area contributed by atoms with Gasteiger partial charge in [0.05, 0.1) is 0 Å². The van der Waals surface area contributed by atoms with Gasteiger partial charge in [-0.1, -0.05) is 0 Å². The van der Waals surface area contributed by atoms with Crippen molar-refractivity contribution in [2.45, 2.75) is 0 Å². The van der Waals surface area contributed by atoms with E-state index in [4.69, 9.17) is 5.11 Å². The van der Waals surface area contributed by atoms with Crippen LogP contribution in [0.3, 0.4) is 0 Å². The maximum absolute atomic E-state index is 9.34. The number of hydrogen-bond acceptors (Lipinski definition) is 3. The molecule has 6 heavy (non-hydrogen) atoms. The second-order valence-electron chi connectivity index (χ2n) is 0.424. The molecule has 0 aliphatic heterocycles. The number of carboxylic acid groups (broad SMARTS) is 1. The summed E-state index contributed by atoms with van der Waals surface area (Å²) >= 11 is 3.01. The van der Waals surface area contributed by atoms with Gasteiger partial charge in [0.1, 0.15) is 0 Å². The SMILES string of the molecule is O=C(O)O[Se]S. The van der Waals surface area contributed by atoms with E-state index >= 15 is 0 Å². The van der Waals surface area contributed by atoms with Gasteiger partial charge in [0.15, 0.2) is 0 Å². The molecule has 0 amide bonds. The average molecular weight is 173 g/mol. The third kappa shape index (κ3) is 4.14. The standard InChI is InChI=1S/CH2O3SSe/c2-1(3)4-6-5/h5H,(H,2,3). The number of thiol groups is 1. The van der Waals surface area contributed by atoms with Crippen LogP contribution >= 0.6 is 11.0 Å². The Morgan fingerprint density at radius 3 is 2.50 bits per heavy atom. The Morgan fingerprint density at radius 2 is 2.50 bits per heavy atom. The van der Waals surface area contributed by atoms with E-state index in [9.17, 15) is 4.79 Å². The van der Waals surface area contributed by atoms with E-state index in [2.05, 4.69) is 14.9 Å². The molecule has 0 aromatic rings. The fourth-order valence-electron chi connectivity index (χ4n) is 0.0319. The Hall–Kier alpha value is 0.139. The fraction of sp³-hybridized carbons (Fsp3) is 0. The summed E-state index contributed by atoms with van der Waals surface area (Å²) in [6, 6.07) is 0. The maximum atomic E-state index is 9.34. The molecular weight excluding hydrogens is 171 g/mol. The predicted molar refractivity (Wildman–Crippen MR) is 23.8 cm³/mol. The van der Waals surface area contributed by atoms with Gasteiger partial charge in [-0.3, -0.25) is 0 Å². The minimum atomic E-state index is -1.26. The predicted octanol–water partition coefficient (Wildman–Crippen LogP) is 0.145. The van der Waals surface area contributed by atoms with Crippen LogP contribution < -0.4 is 0 Å². The van der Waals surface area contributed by atoms with Crippen LogP contribution in [0.2, 0.25) is 0 Å². The Labute approximate surface area is 45.6 Å². The first-order valence-electron chi connectivity index (χ1n) is 0.981. The average Bonchev–Trinajstić information content (AvgIpc) is 1.35. The monoisotopic (exact) mass is 174 g/mol. The van der Waals surface area contributed by atoms with Gasteiger partial charge in [-0.25, -0.2) is 0 Å². The molecular formula is CH2O3SSe. The Morgan fingerprint density at radius 1 is 2.00 bits per heavy atom. The summed E-state index contributed by atoms with van der Waals surface area (Å²) in [5, 5.41) is 7.66. The molecule has 3 nitrogen and oxygen atoms in total. The first-order valence-corrected chi connectivity index (χ1v) is 4.34. The van der Waals surface area contributed by atoms with E-state index in [0.717, 1.165) is 0 Å². The summed E-state index contributed by atoms with van der Waals surface area (Å²) < 4.78 is 3.89. The molecule has 0 unspecified atom stereocenters. The van der Waals surface area contributed by atoms with E-state index in [-0.39, 0.29) is 0 Å². The third-order valence-corrected chi connectivity index (χ3v) is 0.951. The first-order chi connectivity index (χ1) is 2.77. The van der Waals surface area contributed by atoms with Crippen molar-refractivity contribution in [2.75, 3.05) is 0 Å². The molecule has 0 aliphatic carbocycles. The molecule has 0 bridgehead atoms. The second kappa shape index (κ2) is 3.33. The van der Waals surface area contributed by atoms with Crippen LogP contribution in [0.25, 0.3) is 0 Å². The van der Waals surface area contributed by atoms with Crippen molar-refractivity contribution in [3.8, 4) is 0 Å². The fourth-order valence-corrected chi connectivity index (χ4v) is 0.497. The molecule has 0 aromatic heterocycles. The molecule has 1 N–H and O–H groups in total. The zero-order chi connectivity index (χ0) is 4.99. The van der Waals surface area contributed by atoms with E-state index in [0.29, 0.717) is 0 Å².